The number of carbonyl (C=O) groups is 1. The van der Waals surface area contributed by atoms with Crippen LogP contribution in [0.4, 0.5) is 5.95 Å². The lowest BCUT2D eigenvalue weighted by atomic mass is 10.1. The first kappa shape index (κ1) is 13.8. The molecular weight excluding hydrogens is 288 g/mol. The van der Waals surface area contributed by atoms with E-state index in [4.69, 9.17) is 0 Å². The summed E-state index contributed by atoms with van der Waals surface area (Å²) in [6.45, 7) is 1.75. The van der Waals surface area contributed by atoms with Gasteiger partial charge in [-0.3, -0.25) is 4.98 Å². The quantitative estimate of drug-likeness (QED) is 0.926. The summed E-state index contributed by atoms with van der Waals surface area (Å²) in [6.07, 6.45) is 3.00. The van der Waals surface area contributed by atoms with Gasteiger partial charge in [0.1, 0.15) is 11.3 Å². The summed E-state index contributed by atoms with van der Waals surface area (Å²) < 4.78 is 0. The van der Waals surface area contributed by atoms with Crippen LogP contribution < -0.4 is 4.90 Å². The fraction of sp³-hybridized carbons (Fsp3) is 0.286. The van der Waals surface area contributed by atoms with E-state index >= 15 is 0 Å². The Balaban J connectivity index is 2.04. The van der Waals surface area contributed by atoms with Crippen molar-refractivity contribution in [3.8, 4) is 11.4 Å². The smallest absolute Gasteiger partial charge is 0.339 e. The molecule has 0 bridgehead atoms. The Morgan fingerprint density at radius 1 is 1.24 bits per heavy atom. The number of aromatic nitrogens is 3. The normalized spacial score (nSPS) is 15.0. The minimum Gasteiger partial charge on any atom is -0.478 e. The third-order valence-electron chi connectivity index (χ3n) is 3.21. The lowest BCUT2D eigenvalue weighted by molar-refractivity contribution is 0.0697. The molecule has 0 radical (unpaired) electrons. The topological polar surface area (TPSA) is 79.2 Å². The molecule has 0 aromatic carbocycles. The van der Waals surface area contributed by atoms with Gasteiger partial charge < -0.3 is 10.0 Å². The van der Waals surface area contributed by atoms with Crippen molar-refractivity contribution in [2.24, 2.45) is 0 Å². The Labute approximate surface area is 126 Å². The van der Waals surface area contributed by atoms with Gasteiger partial charge in [0.2, 0.25) is 5.95 Å². The number of thioether (sulfide) groups is 1. The maximum absolute atomic E-state index is 11.4. The molecule has 6 nitrogen and oxygen atoms in total. The van der Waals surface area contributed by atoms with Crippen molar-refractivity contribution in [1.82, 2.24) is 15.0 Å². The molecule has 2 aromatic rings. The van der Waals surface area contributed by atoms with E-state index in [0.717, 1.165) is 24.6 Å². The number of rotatable bonds is 3. The fourth-order valence-electron chi connectivity index (χ4n) is 2.14. The van der Waals surface area contributed by atoms with Gasteiger partial charge in [-0.2, -0.15) is 11.8 Å². The molecule has 1 aliphatic rings. The van der Waals surface area contributed by atoms with Crippen LogP contribution in [0.2, 0.25) is 0 Å². The van der Waals surface area contributed by atoms with Crippen molar-refractivity contribution in [2.75, 3.05) is 29.5 Å². The predicted octanol–water partition coefficient (Wildman–Crippen LogP) is 1.79. The number of carboxylic acids is 1. The lowest BCUT2D eigenvalue weighted by Gasteiger charge is -2.26. The molecule has 2 aromatic heterocycles. The van der Waals surface area contributed by atoms with Crippen molar-refractivity contribution >= 4 is 23.7 Å². The van der Waals surface area contributed by atoms with Crippen LogP contribution in [0.25, 0.3) is 11.4 Å². The van der Waals surface area contributed by atoms with E-state index in [0.29, 0.717) is 17.3 Å². The Bertz CT molecular complexity index is 645. The number of carboxylic acid groups (broad SMARTS) is 1. The van der Waals surface area contributed by atoms with Gasteiger partial charge in [0.05, 0.1) is 5.69 Å². The van der Waals surface area contributed by atoms with E-state index in [2.05, 4.69) is 19.9 Å². The minimum atomic E-state index is -1.04. The van der Waals surface area contributed by atoms with Crippen molar-refractivity contribution in [1.29, 1.82) is 0 Å². The van der Waals surface area contributed by atoms with Crippen LogP contribution in [-0.2, 0) is 0 Å². The molecule has 7 heteroatoms. The van der Waals surface area contributed by atoms with Gasteiger partial charge in [0.15, 0.2) is 0 Å². The van der Waals surface area contributed by atoms with Crippen LogP contribution in [0, 0.1) is 0 Å². The molecule has 3 rings (SSSR count). The summed E-state index contributed by atoms with van der Waals surface area (Å²) in [6, 6.07) is 5.35. The van der Waals surface area contributed by atoms with E-state index < -0.39 is 5.97 Å². The number of aromatic carboxylic acids is 1. The zero-order valence-electron chi connectivity index (χ0n) is 11.3. The van der Waals surface area contributed by atoms with Crippen LogP contribution in [0.1, 0.15) is 10.4 Å². The third kappa shape index (κ3) is 2.97. The SMILES string of the molecule is O=C(O)c1cnc(N2CCSCC2)nc1-c1ccccn1. The van der Waals surface area contributed by atoms with Crippen LogP contribution in [0.3, 0.4) is 0 Å². The average Bonchev–Trinajstić information content (AvgIpc) is 2.56. The summed E-state index contributed by atoms with van der Waals surface area (Å²) >= 11 is 1.90. The summed E-state index contributed by atoms with van der Waals surface area (Å²) in [5.74, 6) is 1.59. The molecule has 1 fully saturated rings. The highest BCUT2D eigenvalue weighted by atomic mass is 32.2. The van der Waals surface area contributed by atoms with E-state index in [1.807, 2.05) is 17.8 Å². The summed E-state index contributed by atoms with van der Waals surface area (Å²) in [7, 11) is 0. The van der Waals surface area contributed by atoms with Crippen LogP contribution >= 0.6 is 11.8 Å². The van der Waals surface area contributed by atoms with Gasteiger partial charge in [-0.05, 0) is 12.1 Å². The van der Waals surface area contributed by atoms with Gasteiger partial charge in [-0.15, -0.1) is 0 Å². The Hall–Kier alpha value is -2.15. The monoisotopic (exact) mass is 302 g/mol. The molecule has 0 unspecified atom stereocenters. The first-order valence-corrected chi connectivity index (χ1v) is 7.75. The zero-order chi connectivity index (χ0) is 14.7. The second-order valence-corrected chi connectivity index (χ2v) is 5.78. The van der Waals surface area contributed by atoms with Gasteiger partial charge in [0.25, 0.3) is 0 Å². The molecule has 1 N–H and O–H groups in total. The van der Waals surface area contributed by atoms with Gasteiger partial charge in [-0.1, -0.05) is 6.07 Å². The highest BCUT2D eigenvalue weighted by Crippen LogP contribution is 2.23. The summed E-state index contributed by atoms with van der Waals surface area (Å²) in [4.78, 5) is 26.3. The van der Waals surface area contributed by atoms with Crippen molar-refractivity contribution < 1.29 is 9.90 Å². The minimum absolute atomic E-state index is 0.0730. The first-order chi connectivity index (χ1) is 10.3. The Morgan fingerprint density at radius 3 is 2.71 bits per heavy atom. The highest BCUT2D eigenvalue weighted by Gasteiger charge is 2.20. The number of anilines is 1. The molecule has 3 heterocycles. The number of hydrogen-bond donors (Lipinski definition) is 1. The molecule has 0 saturated carbocycles. The van der Waals surface area contributed by atoms with Crippen LogP contribution in [-0.4, -0.2) is 50.6 Å². The number of hydrogen-bond acceptors (Lipinski definition) is 6. The maximum Gasteiger partial charge on any atom is 0.339 e. The fourth-order valence-corrected chi connectivity index (χ4v) is 3.05. The molecule has 108 valence electrons. The van der Waals surface area contributed by atoms with Crippen LogP contribution in [0.5, 0.6) is 0 Å². The zero-order valence-corrected chi connectivity index (χ0v) is 12.1. The average molecular weight is 302 g/mol. The second kappa shape index (κ2) is 6.09. The number of pyridine rings is 1. The van der Waals surface area contributed by atoms with Gasteiger partial charge >= 0.3 is 5.97 Å². The Morgan fingerprint density at radius 2 is 2.05 bits per heavy atom. The molecule has 1 saturated heterocycles. The highest BCUT2D eigenvalue weighted by molar-refractivity contribution is 7.99. The van der Waals surface area contributed by atoms with Gasteiger partial charge in [0, 0.05) is 37.0 Å². The second-order valence-electron chi connectivity index (χ2n) is 4.55. The van der Waals surface area contributed by atoms with E-state index in [-0.39, 0.29) is 5.56 Å². The van der Waals surface area contributed by atoms with Gasteiger partial charge in [-0.25, -0.2) is 14.8 Å². The molecule has 1 aliphatic heterocycles. The summed E-state index contributed by atoms with van der Waals surface area (Å²) in [5.41, 5.74) is 0.986. The largest absolute Gasteiger partial charge is 0.478 e. The maximum atomic E-state index is 11.4. The Kier molecular flexibility index (Phi) is 4.01. The standard InChI is InChI=1S/C14H14N4O2S/c19-13(20)10-9-16-14(18-5-7-21-8-6-18)17-12(10)11-3-1-2-4-15-11/h1-4,9H,5-8H2,(H,19,20). The molecule has 21 heavy (non-hydrogen) atoms. The molecule has 0 spiro atoms. The van der Waals surface area contributed by atoms with E-state index in [9.17, 15) is 9.90 Å². The molecule has 0 aliphatic carbocycles. The predicted molar refractivity (Wildman–Crippen MR) is 81.8 cm³/mol. The van der Waals surface area contributed by atoms with E-state index in [1.165, 1.54) is 6.20 Å². The van der Waals surface area contributed by atoms with Crippen LogP contribution in [0.15, 0.2) is 30.6 Å². The van der Waals surface area contributed by atoms with Crippen molar-refractivity contribution in [2.45, 2.75) is 0 Å². The van der Waals surface area contributed by atoms with E-state index in [1.54, 1.807) is 18.3 Å². The number of nitrogens with zero attached hydrogens (tertiary/aromatic N) is 4. The molecular formula is C14H14N4O2S. The third-order valence-corrected chi connectivity index (χ3v) is 4.15. The van der Waals surface area contributed by atoms with Crippen molar-refractivity contribution in [3.05, 3.63) is 36.2 Å². The first-order valence-electron chi connectivity index (χ1n) is 6.60. The van der Waals surface area contributed by atoms with Crippen molar-refractivity contribution in [3.63, 3.8) is 0 Å². The molecule has 0 atom stereocenters. The summed E-state index contributed by atoms with van der Waals surface area (Å²) in [5, 5.41) is 9.30. The molecule has 0 amide bonds. The lowest BCUT2D eigenvalue weighted by Crippen LogP contribution is -2.34.